The molecule has 1 heterocycles. The lowest BCUT2D eigenvalue weighted by Crippen LogP contribution is -2.40. The molecule has 1 aromatic heterocycles. The first-order valence-corrected chi connectivity index (χ1v) is 9.33. The van der Waals surface area contributed by atoms with Gasteiger partial charge in [0.15, 0.2) is 5.96 Å². The molecule has 0 bridgehead atoms. The molecular formula is C19H26N4S. The Labute approximate surface area is 148 Å². The minimum atomic E-state index is 0.399. The quantitative estimate of drug-likeness (QED) is 0.624. The van der Waals surface area contributed by atoms with Crippen LogP contribution in [0.1, 0.15) is 34.0 Å². The Bertz CT molecular complexity index is 701. The number of nitrogens with one attached hydrogen (secondary N) is 2. The zero-order valence-electron chi connectivity index (χ0n) is 14.7. The molecule has 1 aromatic carbocycles. The van der Waals surface area contributed by atoms with Gasteiger partial charge < -0.3 is 10.6 Å². The van der Waals surface area contributed by atoms with E-state index >= 15 is 0 Å². The normalized spacial score (nSPS) is 16.0. The second kappa shape index (κ2) is 7.34. The number of aryl methyl sites for hydroxylation is 2. The predicted molar refractivity (Wildman–Crippen MR) is 102 cm³/mol. The lowest BCUT2D eigenvalue weighted by molar-refractivity contribution is 0.492. The van der Waals surface area contributed by atoms with Gasteiger partial charge in [0.1, 0.15) is 0 Å². The largest absolute Gasteiger partial charge is 0.356 e. The Morgan fingerprint density at radius 1 is 1.21 bits per heavy atom. The highest BCUT2D eigenvalue weighted by molar-refractivity contribution is 7.11. The highest BCUT2D eigenvalue weighted by atomic mass is 32.1. The molecule has 3 rings (SSSR count). The van der Waals surface area contributed by atoms with Gasteiger partial charge in [0.25, 0.3) is 0 Å². The summed E-state index contributed by atoms with van der Waals surface area (Å²) >= 11 is 1.75. The molecule has 0 amide bonds. The van der Waals surface area contributed by atoms with Gasteiger partial charge in [0.05, 0.1) is 17.2 Å². The predicted octanol–water partition coefficient (Wildman–Crippen LogP) is 3.45. The summed E-state index contributed by atoms with van der Waals surface area (Å²) in [4.78, 5) is 10.1. The van der Waals surface area contributed by atoms with E-state index in [4.69, 9.17) is 0 Å². The van der Waals surface area contributed by atoms with E-state index in [1.165, 1.54) is 23.3 Å². The molecule has 24 heavy (non-hydrogen) atoms. The van der Waals surface area contributed by atoms with Crippen molar-refractivity contribution in [3.8, 4) is 0 Å². The third-order valence-electron chi connectivity index (χ3n) is 4.65. The molecule has 0 atom stereocenters. The number of nitrogens with zero attached hydrogens (tertiary/aromatic N) is 2. The molecule has 128 valence electrons. The molecule has 0 spiro atoms. The Hall–Kier alpha value is -1.88. The summed E-state index contributed by atoms with van der Waals surface area (Å²) in [5, 5.41) is 8.04. The molecule has 0 unspecified atom stereocenters. The van der Waals surface area contributed by atoms with Crippen LogP contribution in [-0.2, 0) is 13.0 Å². The van der Waals surface area contributed by atoms with Crippen LogP contribution in [0.3, 0.4) is 0 Å². The maximum Gasteiger partial charge on any atom is 0.191 e. The van der Waals surface area contributed by atoms with E-state index < -0.39 is 0 Å². The molecule has 0 saturated heterocycles. The van der Waals surface area contributed by atoms with Crippen LogP contribution in [0.4, 0.5) is 0 Å². The SMILES string of the molecule is CN=C(NCc1sc(C)nc1C)NCC1(Cc2ccccc2)CC1. The summed E-state index contributed by atoms with van der Waals surface area (Å²) < 4.78 is 0. The highest BCUT2D eigenvalue weighted by Gasteiger charge is 2.42. The van der Waals surface area contributed by atoms with E-state index in [9.17, 15) is 0 Å². The Balaban J connectivity index is 1.50. The summed E-state index contributed by atoms with van der Waals surface area (Å²) in [5.41, 5.74) is 2.94. The van der Waals surface area contributed by atoms with Crippen molar-refractivity contribution in [2.45, 2.75) is 39.7 Å². The number of benzene rings is 1. The Morgan fingerprint density at radius 2 is 1.96 bits per heavy atom. The number of guanidine groups is 1. The van der Waals surface area contributed by atoms with Gasteiger partial charge in [0.2, 0.25) is 0 Å². The minimum Gasteiger partial charge on any atom is -0.356 e. The van der Waals surface area contributed by atoms with E-state index in [0.29, 0.717) is 5.41 Å². The van der Waals surface area contributed by atoms with Gasteiger partial charge in [-0.3, -0.25) is 4.99 Å². The number of rotatable bonds is 6. The smallest absolute Gasteiger partial charge is 0.191 e. The van der Waals surface area contributed by atoms with Gasteiger partial charge in [-0.2, -0.15) is 0 Å². The van der Waals surface area contributed by atoms with Crippen molar-refractivity contribution in [1.82, 2.24) is 15.6 Å². The Morgan fingerprint density at radius 3 is 2.54 bits per heavy atom. The summed E-state index contributed by atoms with van der Waals surface area (Å²) in [6, 6.07) is 10.8. The van der Waals surface area contributed by atoms with E-state index in [1.807, 2.05) is 7.05 Å². The average Bonchev–Trinajstić information content (AvgIpc) is 3.26. The first kappa shape index (κ1) is 17.0. The maximum absolute atomic E-state index is 4.48. The summed E-state index contributed by atoms with van der Waals surface area (Å²) in [5.74, 6) is 0.875. The first-order valence-electron chi connectivity index (χ1n) is 8.52. The molecule has 1 aliphatic rings. The van der Waals surface area contributed by atoms with Crippen LogP contribution in [0.25, 0.3) is 0 Å². The summed E-state index contributed by atoms with van der Waals surface area (Å²) in [6.07, 6.45) is 3.73. The van der Waals surface area contributed by atoms with Crippen LogP contribution in [0.5, 0.6) is 0 Å². The van der Waals surface area contributed by atoms with Gasteiger partial charge >= 0.3 is 0 Å². The molecule has 5 heteroatoms. The fraction of sp³-hybridized carbons (Fsp3) is 0.474. The van der Waals surface area contributed by atoms with Crippen LogP contribution in [0, 0.1) is 19.3 Å². The molecule has 1 fully saturated rings. The number of hydrogen-bond donors (Lipinski definition) is 2. The first-order chi connectivity index (χ1) is 11.6. The lowest BCUT2D eigenvalue weighted by Gasteiger charge is -2.18. The zero-order valence-corrected chi connectivity index (χ0v) is 15.5. The topological polar surface area (TPSA) is 49.3 Å². The molecule has 0 aliphatic heterocycles. The van der Waals surface area contributed by atoms with E-state index in [2.05, 4.69) is 64.8 Å². The molecule has 0 radical (unpaired) electrons. The molecule has 2 N–H and O–H groups in total. The molecule has 1 aliphatic carbocycles. The number of aromatic nitrogens is 1. The third kappa shape index (κ3) is 4.35. The number of hydrogen-bond acceptors (Lipinski definition) is 3. The van der Waals surface area contributed by atoms with Crippen LogP contribution in [0.15, 0.2) is 35.3 Å². The van der Waals surface area contributed by atoms with E-state index in [-0.39, 0.29) is 0 Å². The fourth-order valence-corrected chi connectivity index (χ4v) is 3.89. The number of thiazole rings is 1. The zero-order chi connectivity index (χ0) is 17.0. The van der Waals surface area contributed by atoms with Crippen molar-refractivity contribution in [3.05, 3.63) is 51.5 Å². The van der Waals surface area contributed by atoms with Crippen molar-refractivity contribution in [1.29, 1.82) is 0 Å². The van der Waals surface area contributed by atoms with Crippen molar-refractivity contribution in [2.75, 3.05) is 13.6 Å². The van der Waals surface area contributed by atoms with Crippen LogP contribution < -0.4 is 10.6 Å². The van der Waals surface area contributed by atoms with Crippen molar-refractivity contribution >= 4 is 17.3 Å². The maximum atomic E-state index is 4.48. The second-order valence-electron chi connectivity index (χ2n) is 6.68. The van der Waals surface area contributed by atoms with Gasteiger partial charge in [-0.05, 0) is 44.1 Å². The monoisotopic (exact) mass is 342 g/mol. The third-order valence-corrected chi connectivity index (χ3v) is 5.72. The van der Waals surface area contributed by atoms with E-state index in [0.717, 1.165) is 36.2 Å². The lowest BCUT2D eigenvalue weighted by atomic mass is 9.96. The van der Waals surface area contributed by atoms with Crippen molar-refractivity contribution < 1.29 is 0 Å². The summed E-state index contributed by atoms with van der Waals surface area (Å²) in [6.45, 7) is 5.87. The second-order valence-corrected chi connectivity index (χ2v) is 7.97. The van der Waals surface area contributed by atoms with Crippen molar-refractivity contribution in [3.63, 3.8) is 0 Å². The molecule has 2 aromatic rings. The minimum absolute atomic E-state index is 0.399. The van der Waals surface area contributed by atoms with Gasteiger partial charge in [-0.25, -0.2) is 4.98 Å². The highest BCUT2D eigenvalue weighted by Crippen LogP contribution is 2.47. The van der Waals surface area contributed by atoms with Crippen LogP contribution in [0.2, 0.25) is 0 Å². The summed E-state index contributed by atoms with van der Waals surface area (Å²) in [7, 11) is 1.83. The van der Waals surface area contributed by atoms with Crippen LogP contribution >= 0.6 is 11.3 Å². The molecule has 1 saturated carbocycles. The Kier molecular flexibility index (Phi) is 5.19. The standard InChI is InChI=1S/C19H26N4S/c1-14-17(24-15(2)23-14)12-21-18(20-3)22-13-19(9-10-19)11-16-7-5-4-6-8-16/h4-8H,9-13H2,1-3H3,(H2,20,21,22). The van der Waals surface area contributed by atoms with Gasteiger partial charge in [-0.15, -0.1) is 11.3 Å². The van der Waals surface area contributed by atoms with E-state index in [1.54, 1.807) is 11.3 Å². The van der Waals surface area contributed by atoms with Crippen LogP contribution in [-0.4, -0.2) is 24.5 Å². The average molecular weight is 343 g/mol. The van der Waals surface area contributed by atoms with Crippen molar-refractivity contribution in [2.24, 2.45) is 10.4 Å². The molecular weight excluding hydrogens is 316 g/mol. The van der Waals surface area contributed by atoms with Gasteiger partial charge in [0, 0.05) is 18.5 Å². The van der Waals surface area contributed by atoms with Gasteiger partial charge in [-0.1, -0.05) is 30.3 Å². The molecule has 4 nitrogen and oxygen atoms in total. The fourth-order valence-electron chi connectivity index (χ4n) is 3.02. The number of aliphatic imine (C=N–C) groups is 1.